The van der Waals surface area contributed by atoms with Crippen LogP contribution in [0.2, 0.25) is 0 Å². The molecular formula is C26H31N7O. The van der Waals surface area contributed by atoms with Gasteiger partial charge in [0.05, 0.1) is 18.9 Å². The molecule has 3 aromatic rings. The van der Waals surface area contributed by atoms with Crippen LogP contribution in [-0.2, 0) is 4.74 Å². The molecule has 2 aromatic heterocycles. The monoisotopic (exact) mass is 457 g/mol. The number of rotatable bonds is 5. The van der Waals surface area contributed by atoms with E-state index in [0.29, 0.717) is 18.0 Å². The second-order valence-electron chi connectivity index (χ2n) is 9.53. The number of nitrogens with zero attached hydrogens (tertiary/aromatic N) is 6. The Bertz CT molecular complexity index is 1160. The van der Waals surface area contributed by atoms with Crippen LogP contribution in [-0.4, -0.2) is 78.4 Å². The van der Waals surface area contributed by atoms with Crippen molar-refractivity contribution in [1.82, 2.24) is 19.9 Å². The van der Waals surface area contributed by atoms with Crippen molar-refractivity contribution in [3.05, 3.63) is 54.4 Å². The first-order chi connectivity index (χ1) is 16.6. The van der Waals surface area contributed by atoms with E-state index in [0.717, 1.165) is 62.2 Å². The zero-order valence-electron chi connectivity index (χ0n) is 19.8. The fourth-order valence-corrected chi connectivity index (χ4v) is 5.44. The zero-order chi connectivity index (χ0) is 23.1. The van der Waals surface area contributed by atoms with Crippen LogP contribution in [0.5, 0.6) is 0 Å². The number of nitrogens with one attached hydrogen (secondary N) is 1. The summed E-state index contributed by atoms with van der Waals surface area (Å²) in [7, 11) is 2.24. The lowest BCUT2D eigenvalue weighted by molar-refractivity contribution is 0.122. The van der Waals surface area contributed by atoms with Gasteiger partial charge in [-0.15, -0.1) is 0 Å². The first kappa shape index (κ1) is 21.3. The van der Waals surface area contributed by atoms with E-state index in [-0.39, 0.29) is 0 Å². The molecule has 3 aliphatic rings. The van der Waals surface area contributed by atoms with Gasteiger partial charge >= 0.3 is 0 Å². The third-order valence-corrected chi connectivity index (χ3v) is 7.31. The van der Waals surface area contributed by atoms with Gasteiger partial charge in [0.2, 0.25) is 5.95 Å². The van der Waals surface area contributed by atoms with Gasteiger partial charge in [-0.05, 0) is 62.4 Å². The third-order valence-electron chi connectivity index (χ3n) is 7.31. The number of likely N-dealkylation sites (tertiary alicyclic amines) is 1. The molecule has 8 nitrogen and oxygen atoms in total. The van der Waals surface area contributed by atoms with Crippen LogP contribution < -0.4 is 15.1 Å². The van der Waals surface area contributed by atoms with E-state index in [9.17, 15) is 0 Å². The predicted octanol–water partition coefficient (Wildman–Crippen LogP) is 3.32. The van der Waals surface area contributed by atoms with Gasteiger partial charge in [-0.2, -0.15) is 0 Å². The molecule has 0 radical (unpaired) electrons. The van der Waals surface area contributed by atoms with Crippen LogP contribution in [0.4, 0.5) is 23.1 Å². The highest BCUT2D eigenvalue weighted by atomic mass is 16.5. The summed E-state index contributed by atoms with van der Waals surface area (Å²) in [4.78, 5) is 21.1. The summed E-state index contributed by atoms with van der Waals surface area (Å²) < 4.78 is 5.43. The SMILES string of the molecule is Cc1cc(Nc2nccc(-c3ccc(N4CCOCC4)nc3)n2)ccc1N1C[C@H]2C[C@@H]1CN2C. The van der Waals surface area contributed by atoms with Crippen LogP contribution in [0.1, 0.15) is 12.0 Å². The molecule has 0 spiro atoms. The topological polar surface area (TPSA) is 69.6 Å². The number of hydrogen-bond donors (Lipinski definition) is 1. The molecule has 3 fully saturated rings. The number of aromatic nitrogens is 3. The van der Waals surface area contributed by atoms with Crippen LogP contribution in [0.15, 0.2) is 48.8 Å². The molecular weight excluding hydrogens is 426 g/mol. The molecule has 176 valence electrons. The highest BCUT2D eigenvalue weighted by Crippen LogP contribution is 2.36. The van der Waals surface area contributed by atoms with Gasteiger partial charge in [0.1, 0.15) is 5.82 Å². The Morgan fingerprint density at radius 3 is 2.59 bits per heavy atom. The van der Waals surface area contributed by atoms with Crippen molar-refractivity contribution in [2.45, 2.75) is 25.4 Å². The first-order valence-corrected chi connectivity index (χ1v) is 12.1. The average molecular weight is 458 g/mol. The van der Waals surface area contributed by atoms with Crippen molar-refractivity contribution in [2.75, 3.05) is 61.6 Å². The number of anilines is 4. The average Bonchev–Trinajstić information content (AvgIpc) is 3.45. The lowest BCUT2D eigenvalue weighted by atomic mass is 10.1. The molecule has 2 atom stereocenters. The van der Waals surface area contributed by atoms with Crippen LogP contribution in [0, 0.1) is 6.92 Å². The van der Waals surface area contributed by atoms with E-state index in [2.05, 4.69) is 74.3 Å². The summed E-state index contributed by atoms with van der Waals surface area (Å²) in [6.45, 7) is 7.73. The van der Waals surface area contributed by atoms with Crippen molar-refractivity contribution in [3.8, 4) is 11.3 Å². The maximum Gasteiger partial charge on any atom is 0.227 e. The summed E-state index contributed by atoms with van der Waals surface area (Å²) in [6, 6.07) is 13.9. The van der Waals surface area contributed by atoms with E-state index in [1.807, 2.05) is 12.3 Å². The zero-order valence-corrected chi connectivity index (χ0v) is 19.8. The molecule has 1 N–H and O–H groups in total. The summed E-state index contributed by atoms with van der Waals surface area (Å²) in [5.74, 6) is 1.57. The number of aryl methyl sites for hydroxylation is 1. The van der Waals surface area contributed by atoms with Crippen LogP contribution in [0.3, 0.4) is 0 Å². The number of fused-ring (bicyclic) bond motifs is 2. The third kappa shape index (κ3) is 4.08. The van der Waals surface area contributed by atoms with E-state index in [4.69, 9.17) is 9.72 Å². The maximum atomic E-state index is 5.43. The molecule has 6 rings (SSSR count). The number of likely N-dealkylation sites (N-methyl/N-ethyl adjacent to an activating group) is 1. The maximum absolute atomic E-state index is 5.43. The Balaban J connectivity index is 1.16. The number of ether oxygens (including phenoxy) is 1. The molecule has 34 heavy (non-hydrogen) atoms. The number of pyridine rings is 1. The number of hydrogen-bond acceptors (Lipinski definition) is 8. The van der Waals surface area contributed by atoms with Crippen molar-refractivity contribution >= 4 is 23.1 Å². The van der Waals surface area contributed by atoms with Crippen LogP contribution >= 0.6 is 0 Å². The normalized spacial score (nSPS) is 22.4. The van der Waals surface area contributed by atoms with Crippen molar-refractivity contribution in [3.63, 3.8) is 0 Å². The van der Waals surface area contributed by atoms with Gasteiger partial charge in [0.15, 0.2) is 0 Å². The largest absolute Gasteiger partial charge is 0.378 e. The van der Waals surface area contributed by atoms with Gasteiger partial charge in [-0.3, -0.25) is 4.90 Å². The minimum atomic E-state index is 0.587. The summed E-state index contributed by atoms with van der Waals surface area (Å²) in [5, 5.41) is 3.39. The Labute approximate surface area is 200 Å². The minimum absolute atomic E-state index is 0.587. The fraction of sp³-hybridized carbons (Fsp3) is 0.423. The lowest BCUT2D eigenvalue weighted by Crippen LogP contribution is -2.44. The minimum Gasteiger partial charge on any atom is -0.378 e. The molecule has 0 amide bonds. The molecule has 0 aliphatic carbocycles. The summed E-state index contributed by atoms with van der Waals surface area (Å²) in [6.07, 6.45) is 4.95. The molecule has 8 heteroatoms. The fourth-order valence-electron chi connectivity index (χ4n) is 5.44. The van der Waals surface area contributed by atoms with Gasteiger partial charge in [-0.1, -0.05) is 0 Å². The van der Waals surface area contributed by atoms with Crippen LogP contribution in [0.25, 0.3) is 11.3 Å². The van der Waals surface area contributed by atoms with E-state index in [1.165, 1.54) is 17.7 Å². The molecule has 2 bridgehead atoms. The van der Waals surface area contributed by atoms with Gasteiger partial charge in [-0.25, -0.2) is 15.0 Å². The molecule has 3 saturated heterocycles. The Morgan fingerprint density at radius 2 is 1.88 bits per heavy atom. The molecule has 0 unspecified atom stereocenters. The van der Waals surface area contributed by atoms with Crippen molar-refractivity contribution in [2.24, 2.45) is 0 Å². The highest BCUT2D eigenvalue weighted by Gasteiger charge is 2.41. The first-order valence-electron chi connectivity index (χ1n) is 12.1. The van der Waals surface area contributed by atoms with Crippen molar-refractivity contribution < 1.29 is 4.74 Å². The van der Waals surface area contributed by atoms with Gasteiger partial charge in [0.25, 0.3) is 0 Å². The van der Waals surface area contributed by atoms with E-state index >= 15 is 0 Å². The smallest absolute Gasteiger partial charge is 0.227 e. The van der Waals surface area contributed by atoms with Gasteiger partial charge < -0.3 is 19.9 Å². The predicted molar refractivity (Wildman–Crippen MR) is 135 cm³/mol. The van der Waals surface area contributed by atoms with E-state index < -0.39 is 0 Å². The Kier molecular flexibility index (Phi) is 5.55. The molecule has 0 saturated carbocycles. The molecule has 1 aromatic carbocycles. The number of piperazine rings is 1. The Hall–Kier alpha value is -3.23. The summed E-state index contributed by atoms with van der Waals surface area (Å²) >= 11 is 0. The Morgan fingerprint density at radius 1 is 1.00 bits per heavy atom. The second-order valence-corrected chi connectivity index (χ2v) is 9.53. The second kappa shape index (κ2) is 8.85. The quantitative estimate of drug-likeness (QED) is 0.626. The standard InChI is InChI=1S/C26H31N7O/c1-18-13-20(4-5-24(18)33-17-21-14-22(33)16-31(21)2)29-26-27-8-7-23(30-26)19-3-6-25(28-15-19)32-9-11-34-12-10-32/h3-8,13,15,21-22H,9-12,14,16-17H2,1-2H3,(H,27,29,30)/t21-,22-/m1/s1. The number of benzene rings is 1. The summed E-state index contributed by atoms with van der Waals surface area (Å²) in [5.41, 5.74) is 5.44. The van der Waals surface area contributed by atoms with E-state index in [1.54, 1.807) is 6.20 Å². The number of morpholine rings is 1. The van der Waals surface area contributed by atoms with Crippen molar-refractivity contribution in [1.29, 1.82) is 0 Å². The highest BCUT2D eigenvalue weighted by molar-refractivity contribution is 5.66. The molecule has 3 aliphatic heterocycles. The molecule has 5 heterocycles. The van der Waals surface area contributed by atoms with Gasteiger partial charge in [0, 0.05) is 67.6 Å². The lowest BCUT2D eigenvalue weighted by Gasteiger charge is -2.34.